The number of hydrogen-bond donors (Lipinski definition) is 0. The van der Waals surface area contributed by atoms with E-state index in [0.717, 1.165) is 6.42 Å². The first-order valence-electron chi connectivity index (χ1n) is 6.07. The summed E-state index contributed by atoms with van der Waals surface area (Å²) in [7, 11) is 0. The van der Waals surface area contributed by atoms with Crippen LogP contribution in [0.1, 0.15) is 46.5 Å². The molecule has 0 aromatic rings. The predicted octanol–water partition coefficient (Wildman–Crippen LogP) is 5.14. The van der Waals surface area contributed by atoms with Crippen LogP contribution in [0.4, 0.5) is 0 Å². The Bertz CT molecular complexity index is 210. The summed E-state index contributed by atoms with van der Waals surface area (Å²) in [5.74, 6) is 1.23. The quantitative estimate of drug-likeness (QED) is 0.482. The summed E-state index contributed by atoms with van der Waals surface area (Å²) >= 11 is 0. The van der Waals surface area contributed by atoms with Gasteiger partial charge in [-0.05, 0) is 37.5 Å². The molecule has 0 spiro atoms. The lowest BCUT2D eigenvalue weighted by molar-refractivity contribution is 0.608. The van der Waals surface area contributed by atoms with E-state index in [1.807, 2.05) is 12.2 Å². The molecule has 0 bridgehead atoms. The Morgan fingerprint density at radius 3 is 2.20 bits per heavy atom. The molecule has 0 aliphatic heterocycles. The van der Waals surface area contributed by atoms with Crippen molar-refractivity contribution in [2.75, 3.05) is 0 Å². The standard InChI is InChI=1S/C15H26/c1-6-9-15(12-14(5)8-3)11-10-13(4)7-2/h7-9,13-14H,2-3,6,10-12H2,1,4-5H3. The SMILES string of the molecule is C=CC(C)CCC(=CCC)CC(C)C=C. The van der Waals surface area contributed by atoms with Crippen molar-refractivity contribution in [1.29, 1.82) is 0 Å². The van der Waals surface area contributed by atoms with E-state index in [2.05, 4.69) is 40.0 Å². The van der Waals surface area contributed by atoms with Crippen molar-refractivity contribution in [1.82, 2.24) is 0 Å². The van der Waals surface area contributed by atoms with E-state index in [4.69, 9.17) is 0 Å². The second-order valence-corrected chi connectivity index (χ2v) is 4.44. The van der Waals surface area contributed by atoms with Crippen LogP contribution in [0.25, 0.3) is 0 Å². The van der Waals surface area contributed by atoms with Crippen molar-refractivity contribution >= 4 is 0 Å². The zero-order valence-electron chi connectivity index (χ0n) is 10.6. The summed E-state index contributed by atoms with van der Waals surface area (Å²) < 4.78 is 0. The summed E-state index contributed by atoms with van der Waals surface area (Å²) in [5, 5.41) is 0. The molecule has 0 nitrogen and oxygen atoms in total. The Morgan fingerprint density at radius 2 is 1.73 bits per heavy atom. The first-order chi connectivity index (χ1) is 7.13. The van der Waals surface area contributed by atoms with Crippen LogP contribution < -0.4 is 0 Å². The maximum absolute atomic E-state index is 3.84. The normalized spacial score (nSPS) is 15.8. The highest BCUT2D eigenvalue weighted by molar-refractivity contribution is 5.05. The smallest absolute Gasteiger partial charge is 0.0227 e. The van der Waals surface area contributed by atoms with Crippen LogP contribution in [0, 0.1) is 11.8 Å². The van der Waals surface area contributed by atoms with Crippen LogP contribution in [-0.2, 0) is 0 Å². The lowest BCUT2D eigenvalue weighted by atomic mass is 9.94. The number of hydrogen-bond acceptors (Lipinski definition) is 0. The van der Waals surface area contributed by atoms with Crippen LogP contribution >= 0.6 is 0 Å². The Morgan fingerprint density at radius 1 is 1.13 bits per heavy atom. The van der Waals surface area contributed by atoms with E-state index in [1.54, 1.807) is 5.57 Å². The first-order valence-corrected chi connectivity index (χ1v) is 6.07. The monoisotopic (exact) mass is 206 g/mol. The molecule has 0 amide bonds. The van der Waals surface area contributed by atoms with Gasteiger partial charge in [-0.1, -0.05) is 44.6 Å². The Kier molecular flexibility index (Phi) is 8.08. The van der Waals surface area contributed by atoms with Gasteiger partial charge in [0, 0.05) is 0 Å². The molecule has 86 valence electrons. The van der Waals surface area contributed by atoms with Crippen molar-refractivity contribution in [2.24, 2.45) is 11.8 Å². The van der Waals surface area contributed by atoms with Crippen LogP contribution in [0.2, 0.25) is 0 Å². The van der Waals surface area contributed by atoms with E-state index in [0.29, 0.717) is 11.8 Å². The van der Waals surface area contributed by atoms with Crippen LogP contribution in [0.5, 0.6) is 0 Å². The number of allylic oxidation sites excluding steroid dienone is 4. The first kappa shape index (κ1) is 14.2. The molecule has 0 radical (unpaired) electrons. The van der Waals surface area contributed by atoms with Gasteiger partial charge >= 0.3 is 0 Å². The lowest BCUT2D eigenvalue weighted by Crippen LogP contribution is -1.96. The molecule has 0 heterocycles. The fraction of sp³-hybridized carbons (Fsp3) is 0.600. The van der Waals surface area contributed by atoms with Gasteiger partial charge in [-0.2, -0.15) is 0 Å². The minimum atomic E-state index is 0.599. The van der Waals surface area contributed by atoms with E-state index >= 15 is 0 Å². The van der Waals surface area contributed by atoms with E-state index < -0.39 is 0 Å². The lowest BCUT2D eigenvalue weighted by Gasteiger charge is -2.12. The van der Waals surface area contributed by atoms with Gasteiger partial charge in [-0.3, -0.25) is 0 Å². The minimum Gasteiger partial charge on any atom is -0.103 e. The highest BCUT2D eigenvalue weighted by Gasteiger charge is 2.04. The number of rotatable bonds is 8. The third kappa shape index (κ3) is 7.18. The average Bonchev–Trinajstić information content (AvgIpc) is 2.25. The molecule has 0 aromatic carbocycles. The molecule has 0 saturated heterocycles. The summed E-state index contributed by atoms with van der Waals surface area (Å²) in [5.41, 5.74) is 1.58. The Labute approximate surface area is 95.8 Å². The highest BCUT2D eigenvalue weighted by atomic mass is 14.1. The highest BCUT2D eigenvalue weighted by Crippen LogP contribution is 2.20. The van der Waals surface area contributed by atoms with E-state index in [-0.39, 0.29) is 0 Å². The maximum Gasteiger partial charge on any atom is -0.0227 e. The molecule has 0 heteroatoms. The van der Waals surface area contributed by atoms with Crippen molar-refractivity contribution in [3.05, 3.63) is 37.0 Å². The molecule has 15 heavy (non-hydrogen) atoms. The fourth-order valence-electron chi connectivity index (χ4n) is 1.60. The van der Waals surface area contributed by atoms with Crippen molar-refractivity contribution in [3.8, 4) is 0 Å². The molecule has 0 aromatic heterocycles. The Balaban J connectivity index is 4.10. The summed E-state index contributed by atoms with van der Waals surface area (Å²) in [6, 6.07) is 0. The zero-order valence-corrected chi connectivity index (χ0v) is 10.6. The van der Waals surface area contributed by atoms with Crippen molar-refractivity contribution in [2.45, 2.75) is 46.5 Å². The van der Waals surface area contributed by atoms with Gasteiger partial charge in [0.05, 0.1) is 0 Å². The molecule has 0 saturated carbocycles. The van der Waals surface area contributed by atoms with E-state index in [1.165, 1.54) is 19.3 Å². The summed E-state index contributed by atoms with van der Waals surface area (Å²) in [6.45, 7) is 14.3. The fourth-order valence-corrected chi connectivity index (χ4v) is 1.60. The van der Waals surface area contributed by atoms with Gasteiger partial charge in [0.25, 0.3) is 0 Å². The molecule has 0 rings (SSSR count). The molecule has 0 aliphatic carbocycles. The molecule has 2 unspecified atom stereocenters. The third-order valence-electron chi connectivity index (χ3n) is 2.80. The Hall–Kier alpha value is -0.780. The van der Waals surface area contributed by atoms with Gasteiger partial charge in [0.2, 0.25) is 0 Å². The molecule has 0 aliphatic rings. The van der Waals surface area contributed by atoms with Crippen molar-refractivity contribution < 1.29 is 0 Å². The maximum atomic E-state index is 3.84. The van der Waals surface area contributed by atoms with Gasteiger partial charge in [0.15, 0.2) is 0 Å². The average molecular weight is 206 g/mol. The molecule has 2 atom stereocenters. The van der Waals surface area contributed by atoms with Gasteiger partial charge in [-0.15, -0.1) is 13.2 Å². The zero-order chi connectivity index (χ0) is 11.7. The summed E-state index contributed by atoms with van der Waals surface area (Å²) in [6.07, 6.45) is 11.2. The predicted molar refractivity (Wildman–Crippen MR) is 70.9 cm³/mol. The third-order valence-corrected chi connectivity index (χ3v) is 2.80. The van der Waals surface area contributed by atoms with Gasteiger partial charge in [-0.25, -0.2) is 0 Å². The molecule has 0 fully saturated rings. The topological polar surface area (TPSA) is 0 Å². The van der Waals surface area contributed by atoms with Gasteiger partial charge < -0.3 is 0 Å². The molecule has 0 N–H and O–H groups in total. The molecular formula is C15H26. The van der Waals surface area contributed by atoms with Crippen LogP contribution in [0.15, 0.2) is 37.0 Å². The van der Waals surface area contributed by atoms with E-state index in [9.17, 15) is 0 Å². The summed E-state index contributed by atoms with van der Waals surface area (Å²) in [4.78, 5) is 0. The van der Waals surface area contributed by atoms with Crippen LogP contribution in [0.3, 0.4) is 0 Å². The minimum absolute atomic E-state index is 0.599. The van der Waals surface area contributed by atoms with Crippen LogP contribution in [-0.4, -0.2) is 0 Å². The van der Waals surface area contributed by atoms with Crippen molar-refractivity contribution in [3.63, 3.8) is 0 Å². The second kappa shape index (κ2) is 8.52. The molecular weight excluding hydrogens is 180 g/mol. The largest absolute Gasteiger partial charge is 0.103 e. The van der Waals surface area contributed by atoms with Gasteiger partial charge in [0.1, 0.15) is 0 Å². The second-order valence-electron chi connectivity index (χ2n) is 4.44.